The number of nitrogens with zero attached hydrogens (tertiary/aromatic N) is 2. The number of nitriles is 2. The van der Waals surface area contributed by atoms with E-state index in [0.717, 1.165) is 0 Å². The van der Waals surface area contributed by atoms with Crippen LogP contribution in [0.3, 0.4) is 0 Å². The Kier molecular flexibility index (Phi) is 7.83. The second-order valence-electron chi connectivity index (χ2n) is 2.97. The van der Waals surface area contributed by atoms with Crippen molar-refractivity contribution < 1.29 is 9.47 Å². The molecule has 0 saturated carbocycles. The minimum atomic E-state index is -0.0398. The van der Waals surface area contributed by atoms with E-state index in [1.54, 1.807) is 0 Å². The third kappa shape index (κ3) is 6.42. The highest BCUT2D eigenvalue weighted by atomic mass is 16.5. The first-order valence-corrected chi connectivity index (χ1v) is 4.69. The molecule has 0 aliphatic heterocycles. The Morgan fingerprint density at radius 3 is 1.57 bits per heavy atom. The summed E-state index contributed by atoms with van der Waals surface area (Å²) in [5.74, 6) is 0. The van der Waals surface area contributed by atoms with Crippen LogP contribution in [0, 0.1) is 22.7 Å². The van der Waals surface area contributed by atoms with Crippen LogP contribution in [-0.2, 0) is 9.47 Å². The molecule has 0 aromatic rings. The van der Waals surface area contributed by atoms with Gasteiger partial charge in [0, 0.05) is 0 Å². The lowest BCUT2D eigenvalue weighted by Crippen LogP contribution is -2.26. The number of ether oxygens (including phenoxy) is 2. The summed E-state index contributed by atoms with van der Waals surface area (Å²) >= 11 is 0. The highest BCUT2D eigenvalue weighted by Gasteiger charge is 2.12. The molecule has 0 rings (SSSR count). The summed E-state index contributed by atoms with van der Waals surface area (Å²) in [6, 6.07) is 4.01. The maximum Gasteiger partial charge on any atom is 0.0806 e. The topological polar surface area (TPSA) is 66.0 Å². The molecule has 0 aromatic heterocycles. The maximum absolute atomic E-state index is 8.29. The van der Waals surface area contributed by atoms with Crippen LogP contribution in [0.25, 0.3) is 0 Å². The van der Waals surface area contributed by atoms with Crippen LogP contribution in [0.15, 0.2) is 0 Å². The molecule has 0 aliphatic carbocycles. The van der Waals surface area contributed by atoms with E-state index in [4.69, 9.17) is 20.0 Å². The normalized spacial score (nSPS) is 14.0. The highest BCUT2D eigenvalue weighted by Crippen LogP contribution is 2.03. The molecule has 2 unspecified atom stereocenters. The molecular formula is C10H16N2O2. The van der Waals surface area contributed by atoms with Crippen molar-refractivity contribution in [2.45, 2.75) is 38.9 Å². The first-order chi connectivity index (χ1) is 6.72. The molecular weight excluding hydrogens is 180 g/mol. The van der Waals surface area contributed by atoms with E-state index in [0.29, 0.717) is 26.1 Å². The van der Waals surface area contributed by atoms with Gasteiger partial charge in [0.1, 0.15) is 0 Å². The van der Waals surface area contributed by atoms with Gasteiger partial charge in [-0.15, -0.1) is 0 Å². The molecule has 0 amide bonds. The van der Waals surface area contributed by atoms with Gasteiger partial charge < -0.3 is 9.47 Å². The molecule has 0 heterocycles. The smallest absolute Gasteiger partial charge is 0.0806 e. The quantitative estimate of drug-likeness (QED) is 0.580. The number of hydrogen-bond acceptors (Lipinski definition) is 4. The van der Waals surface area contributed by atoms with Crippen LogP contribution in [-0.4, -0.2) is 25.4 Å². The zero-order valence-corrected chi connectivity index (χ0v) is 8.69. The van der Waals surface area contributed by atoms with E-state index in [-0.39, 0.29) is 12.2 Å². The van der Waals surface area contributed by atoms with Crippen LogP contribution in [0.2, 0.25) is 0 Å². The van der Waals surface area contributed by atoms with Crippen molar-refractivity contribution in [2.24, 2.45) is 0 Å². The van der Waals surface area contributed by atoms with E-state index in [2.05, 4.69) is 0 Å². The van der Waals surface area contributed by atoms with Crippen molar-refractivity contribution in [1.29, 1.82) is 10.5 Å². The Morgan fingerprint density at radius 1 is 0.929 bits per heavy atom. The predicted molar refractivity (Wildman–Crippen MR) is 51.3 cm³/mol. The highest BCUT2D eigenvalue weighted by molar-refractivity contribution is 4.70. The van der Waals surface area contributed by atoms with Gasteiger partial charge in [-0.2, -0.15) is 10.5 Å². The molecule has 2 atom stereocenters. The first kappa shape index (κ1) is 12.9. The van der Waals surface area contributed by atoms with Gasteiger partial charge in [-0.1, -0.05) is 0 Å². The third-order valence-electron chi connectivity index (χ3n) is 1.85. The van der Waals surface area contributed by atoms with Gasteiger partial charge >= 0.3 is 0 Å². The Balaban J connectivity index is 3.51. The molecule has 0 aliphatic rings. The second kappa shape index (κ2) is 8.50. The van der Waals surface area contributed by atoms with Crippen molar-refractivity contribution in [3.05, 3.63) is 0 Å². The van der Waals surface area contributed by atoms with Gasteiger partial charge in [0.15, 0.2) is 0 Å². The average molecular weight is 196 g/mol. The predicted octanol–water partition coefficient (Wildman–Crippen LogP) is 1.62. The average Bonchev–Trinajstić information content (AvgIpc) is 2.18. The summed E-state index contributed by atoms with van der Waals surface area (Å²) in [5.41, 5.74) is 0. The summed E-state index contributed by atoms with van der Waals surface area (Å²) in [6.45, 7) is 4.66. The Labute approximate surface area is 85.0 Å². The standard InChI is InChI=1S/C10H16N2O2/c1-9(13-7-3-5-11)10(2)14-8-4-6-12/h9-10H,3-4,7-8H2,1-2H3. The summed E-state index contributed by atoms with van der Waals surface area (Å²) in [7, 11) is 0. The molecule has 0 aromatic carbocycles. The van der Waals surface area contributed by atoms with Gasteiger partial charge in [0.05, 0.1) is 50.4 Å². The molecule has 4 nitrogen and oxygen atoms in total. The van der Waals surface area contributed by atoms with Crippen molar-refractivity contribution >= 4 is 0 Å². The Hall–Kier alpha value is -1.10. The monoisotopic (exact) mass is 196 g/mol. The van der Waals surface area contributed by atoms with Crippen LogP contribution < -0.4 is 0 Å². The molecule has 0 bridgehead atoms. The SMILES string of the molecule is CC(OCCC#N)C(C)OCCC#N. The van der Waals surface area contributed by atoms with E-state index < -0.39 is 0 Å². The van der Waals surface area contributed by atoms with Crippen molar-refractivity contribution in [3.8, 4) is 12.1 Å². The van der Waals surface area contributed by atoms with Crippen LogP contribution in [0.4, 0.5) is 0 Å². The molecule has 4 heteroatoms. The summed E-state index contributed by atoms with van der Waals surface area (Å²) in [4.78, 5) is 0. The van der Waals surface area contributed by atoms with Crippen LogP contribution in [0.1, 0.15) is 26.7 Å². The fourth-order valence-electron chi connectivity index (χ4n) is 0.852. The first-order valence-electron chi connectivity index (χ1n) is 4.69. The van der Waals surface area contributed by atoms with Crippen molar-refractivity contribution in [1.82, 2.24) is 0 Å². The van der Waals surface area contributed by atoms with Crippen LogP contribution in [0.5, 0.6) is 0 Å². The molecule has 14 heavy (non-hydrogen) atoms. The molecule has 0 fully saturated rings. The van der Waals surface area contributed by atoms with E-state index in [1.807, 2.05) is 26.0 Å². The lowest BCUT2D eigenvalue weighted by atomic mass is 10.2. The van der Waals surface area contributed by atoms with Gasteiger partial charge in [-0.25, -0.2) is 0 Å². The summed E-state index contributed by atoms with van der Waals surface area (Å²) in [6.07, 6.45) is 0.717. The van der Waals surface area contributed by atoms with E-state index in [9.17, 15) is 0 Å². The minimum Gasteiger partial charge on any atom is -0.375 e. The van der Waals surface area contributed by atoms with Gasteiger partial charge in [0.2, 0.25) is 0 Å². The third-order valence-corrected chi connectivity index (χ3v) is 1.85. The zero-order valence-electron chi connectivity index (χ0n) is 8.69. The molecule has 78 valence electrons. The maximum atomic E-state index is 8.29. The molecule has 0 radical (unpaired) electrons. The van der Waals surface area contributed by atoms with Crippen molar-refractivity contribution in [3.63, 3.8) is 0 Å². The molecule has 0 spiro atoms. The van der Waals surface area contributed by atoms with Gasteiger partial charge in [-0.3, -0.25) is 0 Å². The molecule has 0 saturated heterocycles. The minimum absolute atomic E-state index is 0.0398. The van der Waals surface area contributed by atoms with Crippen LogP contribution >= 0.6 is 0 Å². The lowest BCUT2D eigenvalue weighted by molar-refractivity contribution is -0.0533. The second-order valence-corrected chi connectivity index (χ2v) is 2.97. The fraction of sp³-hybridized carbons (Fsp3) is 0.800. The van der Waals surface area contributed by atoms with Gasteiger partial charge in [-0.05, 0) is 13.8 Å². The van der Waals surface area contributed by atoms with Crippen molar-refractivity contribution in [2.75, 3.05) is 13.2 Å². The fourth-order valence-corrected chi connectivity index (χ4v) is 0.852. The van der Waals surface area contributed by atoms with E-state index >= 15 is 0 Å². The largest absolute Gasteiger partial charge is 0.375 e. The number of rotatable bonds is 7. The summed E-state index contributed by atoms with van der Waals surface area (Å²) < 4.78 is 10.7. The van der Waals surface area contributed by atoms with Gasteiger partial charge in [0.25, 0.3) is 0 Å². The number of hydrogen-bond donors (Lipinski definition) is 0. The Bertz CT molecular complexity index is 193. The summed E-state index contributed by atoms with van der Waals surface area (Å²) in [5, 5.41) is 16.6. The molecule has 0 N–H and O–H groups in total. The van der Waals surface area contributed by atoms with E-state index in [1.165, 1.54) is 0 Å². The lowest BCUT2D eigenvalue weighted by Gasteiger charge is -2.19. The Morgan fingerprint density at radius 2 is 1.29 bits per heavy atom. The zero-order chi connectivity index (χ0) is 10.8.